The minimum Gasteiger partial charge on any atom is -0.248 e. The molecule has 1 aromatic heterocycles. The van der Waals surface area contributed by atoms with Gasteiger partial charge in [0, 0.05) is 16.2 Å². The molecular weight excluding hydrogens is 322 g/mol. The van der Waals surface area contributed by atoms with Gasteiger partial charge in [-0.25, -0.2) is 13.8 Å². The van der Waals surface area contributed by atoms with Crippen LogP contribution < -0.4 is 0 Å². The van der Waals surface area contributed by atoms with Gasteiger partial charge in [-0.15, -0.1) is 0 Å². The molecule has 0 aliphatic carbocycles. The quantitative estimate of drug-likeness (QED) is 0.779. The fourth-order valence-electron chi connectivity index (χ4n) is 0.907. The number of pyridine rings is 1. The molecule has 2 nitrogen and oxygen atoms in total. The van der Waals surface area contributed by atoms with E-state index in [1.165, 1.54) is 0 Å². The zero-order chi connectivity index (χ0) is 10.7. The largest absolute Gasteiger partial charge is 0.266 e. The van der Waals surface area contributed by atoms with Gasteiger partial charge in [0.05, 0.1) is 18.1 Å². The lowest BCUT2D eigenvalue weighted by atomic mass is 10.2. The zero-order valence-electron chi connectivity index (χ0n) is 6.77. The van der Waals surface area contributed by atoms with Crippen LogP contribution in [-0.2, 0) is 6.42 Å². The predicted octanol–water partition coefficient (Wildman–Crippen LogP) is 3.61. The Morgan fingerprint density at radius 2 is 2.14 bits per heavy atom. The van der Waals surface area contributed by atoms with Crippen molar-refractivity contribution in [3.05, 3.63) is 26.4 Å². The Labute approximate surface area is 96.2 Å². The van der Waals surface area contributed by atoms with Gasteiger partial charge in [-0.05, 0) is 31.9 Å². The average molecular weight is 326 g/mol. The summed E-state index contributed by atoms with van der Waals surface area (Å²) in [6.45, 7) is 0. The molecule has 14 heavy (non-hydrogen) atoms. The molecule has 0 spiro atoms. The Morgan fingerprint density at radius 3 is 2.64 bits per heavy atom. The summed E-state index contributed by atoms with van der Waals surface area (Å²) in [7, 11) is 0. The smallest absolute Gasteiger partial charge is 0.248 e. The Kier molecular flexibility index (Phi) is 3.96. The molecule has 0 aliphatic heterocycles. The van der Waals surface area contributed by atoms with Crippen LogP contribution in [0.5, 0.6) is 0 Å². The highest BCUT2D eigenvalue weighted by Gasteiger charge is 2.17. The Bertz CT molecular complexity index is 388. The van der Waals surface area contributed by atoms with E-state index in [1.54, 1.807) is 0 Å². The predicted molar refractivity (Wildman–Crippen MR) is 53.9 cm³/mol. The summed E-state index contributed by atoms with van der Waals surface area (Å²) >= 11 is 6.13. The van der Waals surface area contributed by atoms with Gasteiger partial charge in [-0.2, -0.15) is 5.26 Å². The number of rotatable bonds is 2. The molecule has 1 aromatic rings. The third-order valence-electron chi connectivity index (χ3n) is 1.58. The van der Waals surface area contributed by atoms with Crippen LogP contribution in [0.15, 0.2) is 15.3 Å². The first-order chi connectivity index (χ1) is 6.57. The van der Waals surface area contributed by atoms with Crippen molar-refractivity contribution in [1.29, 1.82) is 5.26 Å². The fourth-order valence-corrected chi connectivity index (χ4v) is 2.22. The van der Waals surface area contributed by atoms with Crippen LogP contribution in [0.1, 0.15) is 17.6 Å². The molecule has 74 valence electrons. The Hall–Kier alpha value is -0.540. The minimum absolute atomic E-state index is 0.0364. The minimum atomic E-state index is -2.59. The number of alkyl halides is 2. The molecule has 0 saturated heterocycles. The van der Waals surface area contributed by atoms with E-state index in [0.717, 1.165) is 6.20 Å². The maximum atomic E-state index is 12.4. The third kappa shape index (κ3) is 2.28. The maximum absolute atomic E-state index is 12.4. The summed E-state index contributed by atoms with van der Waals surface area (Å²) in [5.74, 6) is 0. The van der Waals surface area contributed by atoms with Gasteiger partial charge in [0.15, 0.2) is 0 Å². The van der Waals surface area contributed by atoms with Gasteiger partial charge in [0.2, 0.25) is 0 Å². The van der Waals surface area contributed by atoms with Crippen molar-refractivity contribution in [2.75, 3.05) is 0 Å². The Balaban J connectivity index is 3.27. The molecule has 0 aliphatic rings. The van der Waals surface area contributed by atoms with Gasteiger partial charge in [0.1, 0.15) is 4.60 Å². The van der Waals surface area contributed by atoms with Crippen LogP contribution in [0, 0.1) is 11.3 Å². The van der Waals surface area contributed by atoms with Crippen molar-refractivity contribution >= 4 is 31.9 Å². The molecule has 0 aromatic carbocycles. The number of nitriles is 1. The van der Waals surface area contributed by atoms with Crippen LogP contribution in [0.3, 0.4) is 0 Å². The second kappa shape index (κ2) is 4.80. The highest BCUT2D eigenvalue weighted by molar-refractivity contribution is 9.11. The van der Waals surface area contributed by atoms with Crippen molar-refractivity contribution in [3.8, 4) is 6.07 Å². The van der Waals surface area contributed by atoms with E-state index in [0.29, 0.717) is 10.2 Å². The first-order valence-electron chi connectivity index (χ1n) is 3.55. The monoisotopic (exact) mass is 324 g/mol. The van der Waals surface area contributed by atoms with Crippen molar-refractivity contribution < 1.29 is 8.78 Å². The van der Waals surface area contributed by atoms with E-state index in [-0.39, 0.29) is 16.5 Å². The molecule has 6 heteroatoms. The van der Waals surface area contributed by atoms with Crippen LogP contribution >= 0.6 is 31.9 Å². The summed E-state index contributed by atoms with van der Waals surface area (Å²) in [5.41, 5.74) is 0.253. The number of hydrogen-bond acceptors (Lipinski definition) is 2. The maximum Gasteiger partial charge on any atom is 0.266 e. The average Bonchev–Trinajstić information content (AvgIpc) is 2.11. The van der Waals surface area contributed by atoms with Gasteiger partial charge >= 0.3 is 0 Å². The number of aromatic nitrogens is 1. The van der Waals surface area contributed by atoms with Crippen molar-refractivity contribution in [1.82, 2.24) is 4.98 Å². The molecule has 0 unspecified atom stereocenters. The molecule has 0 amide bonds. The second-order valence-corrected chi connectivity index (χ2v) is 3.98. The summed E-state index contributed by atoms with van der Waals surface area (Å²) < 4.78 is 25.5. The molecule has 1 heterocycles. The lowest BCUT2D eigenvalue weighted by Gasteiger charge is -2.07. The van der Waals surface area contributed by atoms with Crippen LogP contribution in [0.25, 0.3) is 0 Å². The molecular formula is C8H4Br2F2N2. The summed E-state index contributed by atoms with van der Waals surface area (Å²) in [5, 5.41) is 8.49. The Morgan fingerprint density at radius 1 is 1.50 bits per heavy atom. The normalized spacial score (nSPS) is 10.3. The number of nitrogens with zero attached hydrogens (tertiary/aromatic N) is 2. The van der Waals surface area contributed by atoms with Crippen molar-refractivity contribution in [2.24, 2.45) is 0 Å². The molecule has 1 rings (SSSR count). The molecule has 0 bridgehead atoms. The van der Waals surface area contributed by atoms with Crippen LogP contribution in [0.4, 0.5) is 8.78 Å². The van der Waals surface area contributed by atoms with E-state index in [9.17, 15) is 8.78 Å². The van der Waals surface area contributed by atoms with E-state index >= 15 is 0 Å². The molecule has 0 fully saturated rings. The lowest BCUT2D eigenvalue weighted by molar-refractivity contribution is 0.150. The highest BCUT2D eigenvalue weighted by Crippen LogP contribution is 2.32. The highest BCUT2D eigenvalue weighted by atomic mass is 79.9. The molecule has 0 saturated carbocycles. The number of hydrogen-bond donors (Lipinski definition) is 0. The van der Waals surface area contributed by atoms with Crippen LogP contribution in [-0.4, -0.2) is 4.98 Å². The standard InChI is InChI=1S/C8H4Br2F2N2/c9-6-4(1-2-13)7(10)14-3-5(6)8(11)12/h3,8H,1H2. The van der Waals surface area contributed by atoms with Gasteiger partial charge in [0.25, 0.3) is 6.43 Å². The second-order valence-electron chi connectivity index (χ2n) is 2.43. The molecule has 0 radical (unpaired) electrons. The first kappa shape index (κ1) is 11.5. The van der Waals surface area contributed by atoms with Crippen molar-refractivity contribution in [2.45, 2.75) is 12.8 Å². The van der Waals surface area contributed by atoms with Gasteiger partial charge < -0.3 is 0 Å². The van der Waals surface area contributed by atoms with E-state index in [2.05, 4.69) is 36.8 Å². The van der Waals surface area contributed by atoms with E-state index < -0.39 is 6.43 Å². The first-order valence-corrected chi connectivity index (χ1v) is 5.14. The van der Waals surface area contributed by atoms with Crippen molar-refractivity contribution in [3.63, 3.8) is 0 Å². The summed E-state index contributed by atoms with van der Waals surface area (Å²) in [6.07, 6.45) is -1.48. The lowest BCUT2D eigenvalue weighted by Crippen LogP contribution is -1.96. The third-order valence-corrected chi connectivity index (χ3v) is 3.20. The molecule has 0 atom stereocenters. The SMILES string of the molecule is N#CCc1c(Br)ncc(C(F)F)c1Br. The van der Waals surface area contributed by atoms with Crippen LogP contribution in [0.2, 0.25) is 0 Å². The van der Waals surface area contributed by atoms with Gasteiger partial charge in [-0.1, -0.05) is 0 Å². The summed E-state index contributed by atoms with van der Waals surface area (Å²) in [6, 6.07) is 1.89. The topological polar surface area (TPSA) is 36.7 Å². The zero-order valence-corrected chi connectivity index (χ0v) is 9.94. The fraction of sp³-hybridized carbons (Fsp3) is 0.250. The van der Waals surface area contributed by atoms with Gasteiger partial charge in [-0.3, -0.25) is 0 Å². The van der Waals surface area contributed by atoms with E-state index in [1.807, 2.05) is 6.07 Å². The van der Waals surface area contributed by atoms with E-state index in [4.69, 9.17) is 5.26 Å². The molecule has 0 N–H and O–H groups in total. The number of halogens is 4. The summed E-state index contributed by atoms with van der Waals surface area (Å²) in [4.78, 5) is 3.74.